The number of hydrogen-bond acceptors (Lipinski definition) is 5. The molecule has 1 atom stereocenters. The van der Waals surface area contributed by atoms with Gasteiger partial charge in [-0.1, -0.05) is 0 Å². The van der Waals surface area contributed by atoms with E-state index < -0.39 is 16.0 Å². The molecule has 0 saturated heterocycles. The van der Waals surface area contributed by atoms with Crippen LogP contribution in [0.2, 0.25) is 0 Å². The smallest absolute Gasteiger partial charge is 0.335 e. The molecule has 0 aromatic heterocycles. The number of hydrogen-bond donors (Lipinski definition) is 2. The van der Waals surface area contributed by atoms with Gasteiger partial charge in [0.1, 0.15) is 10.6 Å². The summed E-state index contributed by atoms with van der Waals surface area (Å²) in [4.78, 5) is 10.5. The van der Waals surface area contributed by atoms with E-state index in [1.165, 1.54) is 12.1 Å². The summed E-state index contributed by atoms with van der Waals surface area (Å²) in [5.41, 5.74) is -0.175. The Morgan fingerprint density at radius 3 is 2.60 bits per heavy atom. The van der Waals surface area contributed by atoms with Crippen LogP contribution in [0.25, 0.3) is 0 Å². The molecule has 0 amide bonds. The van der Waals surface area contributed by atoms with Crippen molar-refractivity contribution < 1.29 is 27.8 Å². The van der Waals surface area contributed by atoms with Gasteiger partial charge in [0, 0.05) is 20.1 Å². The molecule has 0 aliphatic heterocycles. The average Bonchev–Trinajstić information content (AvgIpc) is 2.35. The molecule has 1 rings (SSSR count). The second-order valence-corrected chi connectivity index (χ2v) is 5.75. The molecular formula is C12H17NO6S. The fraction of sp³-hybridized carbons (Fsp3) is 0.417. The van der Waals surface area contributed by atoms with Crippen LogP contribution >= 0.6 is 0 Å². The van der Waals surface area contributed by atoms with Crippen molar-refractivity contribution in [3.63, 3.8) is 0 Å². The lowest BCUT2D eigenvalue weighted by Crippen LogP contribution is -2.19. The predicted molar refractivity (Wildman–Crippen MR) is 71.4 cm³/mol. The quantitative estimate of drug-likeness (QED) is 0.771. The van der Waals surface area contributed by atoms with Crippen LogP contribution in [0.1, 0.15) is 23.7 Å². The van der Waals surface area contributed by atoms with Crippen molar-refractivity contribution >= 4 is 16.0 Å². The summed E-state index contributed by atoms with van der Waals surface area (Å²) in [6.07, 6.45) is 0.257. The van der Waals surface area contributed by atoms with Gasteiger partial charge in [0.15, 0.2) is 0 Å². The van der Waals surface area contributed by atoms with Gasteiger partial charge in [-0.05, 0) is 25.1 Å². The normalized spacial score (nSPS) is 12.9. The molecule has 1 aromatic rings. The maximum atomic E-state index is 11.5. The van der Waals surface area contributed by atoms with E-state index in [2.05, 4.69) is 0 Å². The third-order valence-corrected chi connectivity index (χ3v) is 3.49. The first-order valence-electron chi connectivity index (χ1n) is 5.81. The Balaban J connectivity index is 3.10. The fourth-order valence-corrected chi connectivity index (χ4v) is 2.21. The molecule has 1 aromatic carbocycles. The molecule has 20 heavy (non-hydrogen) atoms. The number of benzene rings is 1. The van der Waals surface area contributed by atoms with Crippen LogP contribution in [0.3, 0.4) is 0 Å². The number of carboxylic acid groups (broad SMARTS) is 1. The maximum absolute atomic E-state index is 11.5. The zero-order valence-corrected chi connectivity index (χ0v) is 12.0. The minimum absolute atomic E-state index is 0.0288. The highest BCUT2D eigenvalue weighted by atomic mass is 32.2. The number of aromatic carboxylic acids is 1. The molecule has 0 aliphatic carbocycles. The Hall–Kier alpha value is -1.64. The molecule has 0 fully saturated rings. The Morgan fingerprint density at radius 1 is 1.45 bits per heavy atom. The summed E-state index contributed by atoms with van der Waals surface area (Å²) in [5, 5.41) is 13.9. The predicted octanol–water partition coefficient (Wildman–Crippen LogP) is 0.836. The third kappa shape index (κ3) is 4.48. The van der Waals surface area contributed by atoms with E-state index in [9.17, 15) is 13.2 Å². The number of primary sulfonamides is 1. The van der Waals surface area contributed by atoms with Crippen LogP contribution < -0.4 is 9.88 Å². The molecule has 0 saturated carbocycles. The Bertz CT molecular complexity index is 584. The van der Waals surface area contributed by atoms with E-state index in [1.54, 1.807) is 14.0 Å². The van der Waals surface area contributed by atoms with Crippen molar-refractivity contribution in [3.05, 3.63) is 23.8 Å². The molecule has 0 heterocycles. The first-order valence-corrected chi connectivity index (χ1v) is 7.36. The molecule has 0 bridgehead atoms. The number of methoxy groups -OCH3 is 1. The second-order valence-electron chi connectivity index (χ2n) is 4.22. The van der Waals surface area contributed by atoms with Gasteiger partial charge in [0.05, 0.1) is 11.7 Å². The van der Waals surface area contributed by atoms with E-state index in [1.807, 2.05) is 0 Å². The third-order valence-electron chi connectivity index (χ3n) is 2.55. The summed E-state index contributed by atoms with van der Waals surface area (Å²) in [5.74, 6) is -1.21. The van der Waals surface area contributed by atoms with Crippen LogP contribution in [0.4, 0.5) is 0 Å². The van der Waals surface area contributed by atoms with Gasteiger partial charge >= 0.3 is 5.97 Å². The van der Waals surface area contributed by atoms with Crippen molar-refractivity contribution in [2.24, 2.45) is 5.14 Å². The van der Waals surface area contributed by atoms with Gasteiger partial charge in [0.25, 0.3) is 0 Å². The molecule has 0 aliphatic rings. The van der Waals surface area contributed by atoms with E-state index in [0.29, 0.717) is 13.0 Å². The summed E-state index contributed by atoms with van der Waals surface area (Å²) in [7, 11) is -2.53. The second kappa shape index (κ2) is 6.69. The zero-order valence-electron chi connectivity index (χ0n) is 11.2. The van der Waals surface area contributed by atoms with Crippen molar-refractivity contribution in [3.8, 4) is 5.75 Å². The summed E-state index contributed by atoms with van der Waals surface area (Å²) >= 11 is 0. The number of sulfonamides is 1. The maximum Gasteiger partial charge on any atom is 0.335 e. The first-order chi connectivity index (χ1) is 9.25. The minimum Gasteiger partial charge on any atom is -0.489 e. The lowest BCUT2D eigenvalue weighted by atomic mass is 10.2. The Morgan fingerprint density at radius 2 is 2.10 bits per heavy atom. The highest BCUT2D eigenvalue weighted by molar-refractivity contribution is 7.89. The average molecular weight is 303 g/mol. The molecule has 0 radical (unpaired) electrons. The first kappa shape index (κ1) is 16.4. The molecule has 3 N–H and O–H groups in total. The lowest BCUT2D eigenvalue weighted by molar-refractivity contribution is 0.0696. The van der Waals surface area contributed by atoms with Crippen molar-refractivity contribution in [2.45, 2.75) is 24.3 Å². The van der Waals surface area contributed by atoms with Crippen molar-refractivity contribution in [2.75, 3.05) is 13.7 Å². The van der Waals surface area contributed by atoms with E-state index in [4.69, 9.17) is 19.7 Å². The van der Waals surface area contributed by atoms with Gasteiger partial charge < -0.3 is 14.6 Å². The van der Waals surface area contributed by atoms with Gasteiger partial charge in [0.2, 0.25) is 10.0 Å². The number of ether oxygens (including phenoxy) is 2. The largest absolute Gasteiger partial charge is 0.489 e. The van der Waals surface area contributed by atoms with Crippen LogP contribution in [-0.4, -0.2) is 39.3 Å². The molecular weight excluding hydrogens is 286 g/mol. The Labute approximate surface area is 117 Å². The van der Waals surface area contributed by atoms with Crippen LogP contribution in [-0.2, 0) is 14.8 Å². The summed E-state index contributed by atoms with van der Waals surface area (Å²) < 4.78 is 33.4. The van der Waals surface area contributed by atoms with Crippen LogP contribution in [0.5, 0.6) is 5.75 Å². The van der Waals surface area contributed by atoms with Crippen LogP contribution in [0.15, 0.2) is 23.1 Å². The standard InChI is InChI=1S/C12H17NO6S/c1-8(5-6-18-2)19-10-4-3-9(12(14)15)7-11(10)20(13,16)17/h3-4,7-8H,5-6H2,1-2H3,(H,14,15)(H2,13,16,17). The zero-order chi connectivity index (χ0) is 15.3. The van der Waals surface area contributed by atoms with Gasteiger partial charge in [-0.3, -0.25) is 0 Å². The molecule has 7 nitrogen and oxygen atoms in total. The monoisotopic (exact) mass is 303 g/mol. The van der Waals surface area contributed by atoms with E-state index in [-0.39, 0.29) is 22.3 Å². The molecule has 112 valence electrons. The van der Waals surface area contributed by atoms with Gasteiger partial charge in [-0.15, -0.1) is 0 Å². The number of rotatable bonds is 7. The summed E-state index contributed by atoms with van der Waals surface area (Å²) in [6, 6.07) is 3.53. The van der Waals surface area contributed by atoms with E-state index in [0.717, 1.165) is 6.07 Å². The highest BCUT2D eigenvalue weighted by Gasteiger charge is 2.19. The lowest BCUT2D eigenvalue weighted by Gasteiger charge is -2.16. The van der Waals surface area contributed by atoms with Crippen molar-refractivity contribution in [1.82, 2.24) is 0 Å². The van der Waals surface area contributed by atoms with Crippen molar-refractivity contribution in [1.29, 1.82) is 0 Å². The fourth-order valence-electron chi connectivity index (χ4n) is 1.52. The molecule has 1 unspecified atom stereocenters. The van der Waals surface area contributed by atoms with Gasteiger partial charge in [-0.25, -0.2) is 18.4 Å². The van der Waals surface area contributed by atoms with E-state index >= 15 is 0 Å². The Kier molecular flexibility index (Phi) is 5.49. The molecule has 8 heteroatoms. The summed E-state index contributed by atoms with van der Waals surface area (Å²) in [6.45, 7) is 2.20. The molecule has 0 spiro atoms. The highest BCUT2D eigenvalue weighted by Crippen LogP contribution is 2.25. The van der Waals surface area contributed by atoms with Gasteiger partial charge in [-0.2, -0.15) is 0 Å². The number of carbonyl (C=O) groups is 1. The SMILES string of the molecule is COCCC(C)Oc1ccc(C(=O)O)cc1S(N)(=O)=O. The minimum atomic E-state index is -4.08. The topological polar surface area (TPSA) is 116 Å². The van der Waals surface area contributed by atoms with Crippen LogP contribution in [0, 0.1) is 0 Å². The number of carboxylic acids is 1. The number of nitrogens with two attached hydrogens (primary N) is 1.